The van der Waals surface area contributed by atoms with E-state index in [9.17, 15) is 0 Å². The van der Waals surface area contributed by atoms with Gasteiger partial charge in [-0.2, -0.15) is 0 Å². The summed E-state index contributed by atoms with van der Waals surface area (Å²) < 4.78 is 10.7. The fourth-order valence-corrected chi connectivity index (χ4v) is 3.31. The first-order valence-electron chi connectivity index (χ1n) is 6.38. The van der Waals surface area contributed by atoms with E-state index in [1.165, 1.54) is 0 Å². The molecule has 0 atom stereocenters. The van der Waals surface area contributed by atoms with Crippen LogP contribution in [-0.2, 0) is 0 Å². The van der Waals surface area contributed by atoms with E-state index < -0.39 is 0 Å². The molecule has 3 aromatic rings. The third-order valence-corrected chi connectivity index (χ3v) is 4.55. The Morgan fingerprint density at radius 1 is 1.00 bits per heavy atom. The van der Waals surface area contributed by atoms with E-state index >= 15 is 0 Å². The normalized spacial score (nSPS) is 10.8. The number of benzene rings is 2. The quantitative estimate of drug-likeness (QED) is 0.735. The van der Waals surface area contributed by atoms with E-state index in [1.54, 1.807) is 26.0 Å². The summed E-state index contributed by atoms with van der Waals surface area (Å²) >= 11 is 7.72. The molecule has 0 aliphatic rings. The zero-order valence-electron chi connectivity index (χ0n) is 11.6. The molecule has 0 amide bonds. The van der Waals surface area contributed by atoms with Gasteiger partial charge in [0.2, 0.25) is 0 Å². The lowest BCUT2D eigenvalue weighted by molar-refractivity contribution is 0.387. The SMILES string of the molecule is COc1ccc(Sc2c[nH]c3ccc(Cl)cc23)c(OC)c1. The average Bonchev–Trinajstić information content (AvgIpc) is 2.90. The number of hydrogen-bond donors (Lipinski definition) is 1. The lowest BCUT2D eigenvalue weighted by Crippen LogP contribution is -1.88. The van der Waals surface area contributed by atoms with Gasteiger partial charge >= 0.3 is 0 Å². The number of halogens is 1. The van der Waals surface area contributed by atoms with Crippen LogP contribution in [-0.4, -0.2) is 19.2 Å². The smallest absolute Gasteiger partial charge is 0.136 e. The van der Waals surface area contributed by atoms with Crippen LogP contribution in [0.2, 0.25) is 5.02 Å². The number of methoxy groups -OCH3 is 2. The van der Waals surface area contributed by atoms with Crippen LogP contribution in [0.5, 0.6) is 11.5 Å². The first kappa shape index (κ1) is 14.2. The minimum Gasteiger partial charge on any atom is -0.497 e. The Balaban J connectivity index is 2.00. The summed E-state index contributed by atoms with van der Waals surface area (Å²) in [6.45, 7) is 0. The summed E-state index contributed by atoms with van der Waals surface area (Å²) in [5, 5.41) is 1.83. The molecule has 0 aliphatic heterocycles. The summed E-state index contributed by atoms with van der Waals surface area (Å²) in [6.07, 6.45) is 1.98. The molecule has 0 spiro atoms. The number of ether oxygens (including phenoxy) is 2. The third kappa shape index (κ3) is 2.82. The number of aromatic nitrogens is 1. The van der Waals surface area contributed by atoms with Crippen molar-refractivity contribution < 1.29 is 9.47 Å². The Morgan fingerprint density at radius 3 is 2.62 bits per heavy atom. The van der Waals surface area contributed by atoms with Crippen molar-refractivity contribution in [2.24, 2.45) is 0 Å². The highest BCUT2D eigenvalue weighted by molar-refractivity contribution is 7.99. The number of H-pyrrole nitrogens is 1. The van der Waals surface area contributed by atoms with Gasteiger partial charge in [0.1, 0.15) is 11.5 Å². The molecule has 5 heteroatoms. The maximum atomic E-state index is 6.08. The van der Waals surface area contributed by atoms with E-state index in [0.717, 1.165) is 37.2 Å². The van der Waals surface area contributed by atoms with Gasteiger partial charge in [0.15, 0.2) is 0 Å². The minimum absolute atomic E-state index is 0.727. The highest BCUT2D eigenvalue weighted by Gasteiger charge is 2.10. The van der Waals surface area contributed by atoms with Crippen molar-refractivity contribution in [3.63, 3.8) is 0 Å². The van der Waals surface area contributed by atoms with Crippen LogP contribution in [0.25, 0.3) is 10.9 Å². The van der Waals surface area contributed by atoms with Gasteiger partial charge in [0.25, 0.3) is 0 Å². The van der Waals surface area contributed by atoms with Gasteiger partial charge < -0.3 is 14.5 Å². The minimum atomic E-state index is 0.727. The van der Waals surface area contributed by atoms with E-state index in [4.69, 9.17) is 21.1 Å². The summed E-state index contributed by atoms with van der Waals surface area (Å²) in [7, 11) is 3.30. The van der Waals surface area contributed by atoms with Gasteiger partial charge in [0, 0.05) is 33.1 Å². The van der Waals surface area contributed by atoms with Crippen LogP contribution >= 0.6 is 23.4 Å². The van der Waals surface area contributed by atoms with E-state index in [0.29, 0.717) is 0 Å². The molecule has 0 saturated heterocycles. The van der Waals surface area contributed by atoms with Crippen molar-refractivity contribution >= 4 is 34.3 Å². The summed E-state index contributed by atoms with van der Waals surface area (Å²) in [5.41, 5.74) is 1.06. The average molecular weight is 320 g/mol. The van der Waals surface area contributed by atoms with Gasteiger partial charge in [0.05, 0.1) is 19.1 Å². The predicted molar refractivity (Wildman–Crippen MR) is 87.0 cm³/mol. The molecule has 0 radical (unpaired) electrons. The van der Waals surface area contributed by atoms with Crippen molar-refractivity contribution in [2.45, 2.75) is 9.79 Å². The van der Waals surface area contributed by atoms with Crippen molar-refractivity contribution in [3.05, 3.63) is 47.6 Å². The van der Waals surface area contributed by atoms with Crippen molar-refractivity contribution in [2.75, 3.05) is 14.2 Å². The number of aromatic amines is 1. The number of hydrogen-bond acceptors (Lipinski definition) is 3. The molecule has 1 heterocycles. The molecule has 0 unspecified atom stereocenters. The fraction of sp³-hybridized carbons (Fsp3) is 0.125. The lowest BCUT2D eigenvalue weighted by Gasteiger charge is -2.09. The standard InChI is InChI=1S/C16H14ClNO2S/c1-19-11-4-6-15(14(8-11)20-2)21-16-9-18-13-5-3-10(17)7-12(13)16/h3-9,18H,1-2H3. The number of fused-ring (bicyclic) bond motifs is 1. The van der Waals surface area contributed by atoms with Gasteiger partial charge in [-0.15, -0.1) is 0 Å². The van der Waals surface area contributed by atoms with E-state index in [2.05, 4.69) is 4.98 Å². The van der Waals surface area contributed by atoms with Crippen LogP contribution in [0, 0.1) is 0 Å². The van der Waals surface area contributed by atoms with Gasteiger partial charge in [-0.05, 0) is 30.3 Å². The van der Waals surface area contributed by atoms with Crippen LogP contribution in [0.4, 0.5) is 0 Å². The molecule has 3 nitrogen and oxygen atoms in total. The van der Waals surface area contributed by atoms with Gasteiger partial charge in [-0.25, -0.2) is 0 Å². The number of rotatable bonds is 4. The first-order chi connectivity index (χ1) is 10.2. The fourth-order valence-electron chi connectivity index (χ4n) is 2.13. The van der Waals surface area contributed by atoms with Crippen molar-refractivity contribution in [1.82, 2.24) is 4.98 Å². The largest absolute Gasteiger partial charge is 0.497 e. The molecule has 0 bridgehead atoms. The molecular formula is C16H14ClNO2S. The van der Waals surface area contributed by atoms with Crippen molar-refractivity contribution in [1.29, 1.82) is 0 Å². The van der Waals surface area contributed by atoms with E-state index in [1.807, 2.05) is 42.6 Å². The van der Waals surface area contributed by atoms with Crippen molar-refractivity contribution in [3.8, 4) is 11.5 Å². The second-order valence-electron chi connectivity index (χ2n) is 4.46. The molecule has 0 aliphatic carbocycles. The second kappa shape index (κ2) is 5.92. The highest BCUT2D eigenvalue weighted by Crippen LogP contribution is 2.40. The summed E-state index contributed by atoms with van der Waals surface area (Å²) in [6, 6.07) is 11.6. The molecule has 0 saturated carbocycles. The Hall–Kier alpha value is -1.78. The number of nitrogens with one attached hydrogen (secondary N) is 1. The molecular weight excluding hydrogens is 306 g/mol. The van der Waals surface area contributed by atoms with Crippen LogP contribution in [0.15, 0.2) is 52.4 Å². The molecule has 2 aromatic carbocycles. The molecule has 1 N–H and O–H groups in total. The zero-order valence-corrected chi connectivity index (χ0v) is 13.2. The maximum absolute atomic E-state index is 6.08. The highest BCUT2D eigenvalue weighted by atomic mass is 35.5. The van der Waals surface area contributed by atoms with Crippen LogP contribution in [0.1, 0.15) is 0 Å². The van der Waals surface area contributed by atoms with E-state index in [-0.39, 0.29) is 0 Å². The Morgan fingerprint density at radius 2 is 1.86 bits per heavy atom. The second-order valence-corrected chi connectivity index (χ2v) is 5.98. The monoisotopic (exact) mass is 319 g/mol. The molecule has 0 fully saturated rings. The topological polar surface area (TPSA) is 34.2 Å². The molecule has 108 valence electrons. The van der Waals surface area contributed by atoms with Gasteiger partial charge in [-0.3, -0.25) is 0 Å². The van der Waals surface area contributed by atoms with Crippen LogP contribution < -0.4 is 9.47 Å². The molecule has 21 heavy (non-hydrogen) atoms. The Kier molecular flexibility index (Phi) is 3.99. The zero-order chi connectivity index (χ0) is 14.8. The van der Waals surface area contributed by atoms with Gasteiger partial charge in [-0.1, -0.05) is 23.4 Å². The first-order valence-corrected chi connectivity index (χ1v) is 7.57. The molecule has 1 aromatic heterocycles. The van der Waals surface area contributed by atoms with Crippen LogP contribution in [0.3, 0.4) is 0 Å². The lowest BCUT2D eigenvalue weighted by atomic mass is 10.2. The Bertz CT molecular complexity index is 785. The summed E-state index contributed by atoms with van der Waals surface area (Å²) in [5.74, 6) is 1.56. The Labute approximate surface area is 132 Å². The third-order valence-electron chi connectivity index (χ3n) is 3.20. The maximum Gasteiger partial charge on any atom is 0.136 e. The molecule has 3 rings (SSSR count). The predicted octanol–water partition coefficient (Wildman–Crippen LogP) is 4.99. The summed E-state index contributed by atoms with van der Waals surface area (Å²) in [4.78, 5) is 5.39.